The topological polar surface area (TPSA) is 69.6 Å². The average molecular weight is 304 g/mol. The van der Waals surface area contributed by atoms with Gasteiger partial charge in [0.05, 0.1) is 0 Å². The Morgan fingerprint density at radius 3 is 2.45 bits per heavy atom. The number of rotatable bonds is 6. The lowest BCUT2D eigenvalue weighted by Crippen LogP contribution is -2.38. The van der Waals surface area contributed by atoms with Gasteiger partial charge in [-0.05, 0) is 37.3 Å². The van der Waals surface area contributed by atoms with Crippen molar-refractivity contribution >= 4 is 11.8 Å². The first-order valence-electron chi connectivity index (χ1n) is 7.98. The van der Waals surface area contributed by atoms with Crippen LogP contribution in [-0.2, 0) is 4.79 Å². The summed E-state index contributed by atoms with van der Waals surface area (Å²) < 4.78 is 0. The number of carbonyl (C=O) groups is 2. The number of hydroxylamine groups is 1. The second-order valence-corrected chi connectivity index (χ2v) is 5.88. The second-order valence-electron chi connectivity index (χ2n) is 5.88. The zero-order valence-corrected chi connectivity index (χ0v) is 12.8. The van der Waals surface area contributed by atoms with Crippen molar-refractivity contribution in [1.82, 2.24) is 10.4 Å². The number of likely N-dealkylation sites (tertiary alicyclic amines) is 1. The molecule has 0 bridgehead atoms. The molecule has 22 heavy (non-hydrogen) atoms. The summed E-state index contributed by atoms with van der Waals surface area (Å²) in [6.45, 7) is 1.63. The van der Waals surface area contributed by atoms with Crippen LogP contribution in [0.1, 0.15) is 48.9 Å². The SMILES string of the molecule is O=C(CCCCC1CCN(C(=O)c2ccccc2)CC1)NO. The zero-order chi connectivity index (χ0) is 15.8. The van der Waals surface area contributed by atoms with Crippen molar-refractivity contribution in [3.8, 4) is 0 Å². The summed E-state index contributed by atoms with van der Waals surface area (Å²) in [5.41, 5.74) is 2.41. The summed E-state index contributed by atoms with van der Waals surface area (Å²) in [6, 6.07) is 9.42. The van der Waals surface area contributed by atoms with Crippen LogP contribution in [0.3, 0.4) is 0 Å². The molecule has 2 amide bonds. The number of nitrogens with one attached hydrogen (secondary N) is 1. The summed E-state index contributed by atoms with van der Waals surface area (Å²) in [5.74, 6) is 0.443. The molecule has 1 heterocycles. The van der Waals surface area contributed by atoms with Crippen LogP contribution in [0.5, 0.6) is 0 Å². The number of benzene rings is 1. The lowest BCUT2D eigenvalue weighted by atomic mass is 9.91. The van der Waals surface area contributed by atoms with E-state index in [-0.39, 0.29) is 11.8 Å². The van der Waals surface area contributed by atoms with Crippen LogP contribution >= 0.6 is 0 Å². The minimum absolute atomic E-state index is 0.124. The monoisotopic (exact) mass is 304 g/mol. The molecule has 0 saturated carbocycles. The average Bonchev–Trinajstić information content (AvgIpc) is 2.59. The summed E-state index contributed by atoms with van der Waals surface area (Å²) in [5, 5.41) is 8.42. The first-order valence-corrected chi connectivity index (χ1v) is 7.98. The molecule has 0 unspecified atom stereocenters. The van der Waals surface area contributed by atoms with Gasteiger partial charge in [-0.3, -0.25) is 14.8 Å². The molecule has 2 rings (SSSR count). The van der Waals surface area contributed by atoms with E-state index in [0.29, 0.717) is 12.3 Å². The highest BCUT2D eigenvalue weighted by Gasteiger charge is 2.23. The summed E-state index contributed by atoms with van der Waals surface area (Å²) >= 11 is 0. The number of carbonyl (C=O) groups excluding carboxylic acids is 2. The standard InChI is InChI=1S/C17H24N2O3/c20-16(18-22)9-5-4-6-14-10-12-19(13-11-14)17(21)15-7-2-1-3-8-15/h1-3,7-8,14,22H,4-6,9-13H2,(H,18,20). The number of nitrogens with zero attached hydrogens (tertiary/aromatic N) is 1. The Balaban J connectivity index is 1.67. The van der Waals surface area contributed by atoms with Gasteiger partial charge < -0.3 is 4.90 Å². The quantitative estimate of drug-likeness (QED) is 0.482. The Hall–Kier alpha value is -1.88. The summed E-state index contributed by atoms with van der Waals surface area (Å²) in [7, 11) is 0. The molecular formula is C17H24N2O3. The Kier molecular flexibility index (Phi) is 6.40. The minimum Gasteiger partial charge on any atom is -0.339 e. The van der Waals surface area contributed by atoms with Gasteiger partial charge >= 0.3 is 0 Å². The number of amides is 2. The first-order chi connectivity index (χ1) is 10.7. The van der Waals surface area contributed by atoms with Gasteiger partial charge in [-0.2, -0.15) is 0 Å². The van der Waals surface area contributed by atoms with Gasteiger partial charge in [0.1, 0.15) is 0 Å². The van der Waals surface area contributed by atoms with Crippen molar-refractivity contribution in [2.45, 2.75) is 38.5 Å². The van der Waals surface area contributed by atoms with Gasteiger partial charge in [-0.25, -0.2) is 5.48 Å². The molecule has 120 valence electrons. The molecule has 5 heteroatoms. The molecule has 1 aliphatic heterocycles. The zero-order valence-electron chi connectivity index (χ0n) is 12.8. The van der Waals surface area contributed by atoms with E-state index in [1.807, 2.05) is 35.2 Å². The van der Waals surface area contributed by atoms with Crippen molar-refractivity contribution < 1.29 is 14.8 Å². The van der Waals surface area contributed by atoms with Crippen molar-refractivity contribution in [2.24, 2.45) is 5.92 Å². The fraction of sp³-hybridized carbons (Fsp3) is 0.529. The smallest absolute Gasteiger partial charge is 0.253 e. The van der Waals surface area contributed by atoms with Crippen LogP contribution in [0.25, 0.3) is 0 Å². The fourth-order valence-corrected chi connectivity index (χ4v) is 2.96. The summed E-state index contributed by atoms with van der Waals surface area (Å²) in [6.07, 6.45) is 5.32. The van der Waals surface area contributed by atoms with Crippen LogP contribution in [-0.4, -0.2) is 35.0 Å². The third-order valence-electron chi connectivity index (χ3n) is 4.31. The van der Waals surface area contributed by atoms with Crippen LogP contribution in [0.2, 0.25) is 0 Å². The molecule has 0 spiro atoms. The van der Waals surface area contributed by atoms with Gasteiger partial charge in [0.25, 0.3) is 5.91 Å². The maximum atomic E-state index is 12.3. The van der Waals surface area contributed by atoms with Crippen LogP contribution in [0, 0.1) is 5.92 Å². The largest absolute Gasteiger partial charge is 0.339 e. The highest BCUT2D eigenvalue weighted by Crippen LogP contribution is 2.24. The Labute approximate surface area is 131 Å². The van der Waals surface area contributed by atoms with E-state index in [1.54, 1.807) is 5.48 Å². The molecule has 0 aromatic heterocycles. The van der Waals surface area contributed by atoms with Crippen molar-refractivity contribution in [1.29, 1.82) is 0 Å². The molecule has 2 N–H and O–H groups in total. The molecule has 1 aliphatic rings. The van der Waals surface area contributed by atoms with Gasteiger partial charge in [-0.1, -0.05) is 31.0 Å². The lowest BCUT2D eigenvalue weighted by molar-refractivity contribution is -0.129. The second kappa shape index (κ2) is 8.54. The van der Waals surface area contributed by atoms with E-state index >= 15 is 0 Å². The number of hydrogen-bond donors (Lipinski definition) is 2. The maximum absolute atomic E-state index is 12.3. The third-order valence-corrected chi connectivity index (χ3v) is 4.31. The van der Waals surface area contributed by atoms with Crippen LogP contribution in [0.4, 0.5) is 0 Å². The predicted molar refractivity (Wildman–Crippen MR) is 83.5 cm³/mol. The molecule has 0 aliphatic carbocycles. The molecular weight excluding hydrogens is 280 g/mol. The molecule has 1 saturated heterocycles. The van der Waals surface area contributed by atoms with E-state index in [0.717, 1.165) is 50.8 Å². The van der Waals surface area contributed by atoms with Gasteiger partial charge in [-0.15, -0.1) is 0 Å². The lowest BCUT2D eigenvalue weighted by Gasteiger charge is -2.32. The molecule has 1 aromatic carbocycles. The first kappa shape index (κ1) is 16.5. The van der Waals surface area contributed by atoms with Crippen LogP contribution in [0.15, 0.2) is 30.3 Å². The highest BCUT2D eigenvalue weighted by molar-refractivity contribution is 5.94. The minimum atomic E-state index is -0.316. The van der Waals surface area contributed by atoms with Crippen molar-refractivity contribution in [3.63, 3.8) is 0 Å². The Bertz CT molecular complexity index is 482. The summed E-state index contributed by atoms with van der Waals surface area (Å²) in [4.78, 5) is 25.2. The fourth-order valence-electron chi connectivity index (χ4n) is 2.96. The van der Waals surface area contributed by atoms with E-state index in [2.05, 4.69) is 0 Å². The normalized spacial score (nSPS) is 15.6. The van der Waals surface area contributed by atoms with E-state index in [9.17, 15) is 9.59 Å². The van der Waals surface area contributed by atoms with Crippen molar-refractivity contribution in [3.05, 3.63) is 35.9 Å². The van der Waals surface area contributed by atoms with Gasteiger partial charge in [0, 0.05) is 25.1 Å². The molecule has 0 radical (unpaired) electrons. The Morgan fingerprint density at radius 2 is 1.82 bits per heavy atom. The maximum Gasteiger partial charge on any atom is 0.253 e. The number of unbranched alkanes of at least 4 members (excludes halogenated alkanes) is 1. The number of piperidine rings is 1. The predicted octanol–water partition coefficient (Wildman–Crippen LogP) is 2.60. The van der Waals surface area contributed by atoms with Crippen LogP contribution < -0.4 is 5.48 Å². The van der Waals surface area contributed by atoms with Gasteiger partial charge in [0.2, 0.25) is 5.91 Å². The van der Waals surface area contributed by atoms with E-state index in [1.165, 1.54) is 0 Å². The van der Waals surface area contributed by atoms with E-state index in [4.69, 9.17) is 5.21 Å². The molecule has 0 atom stereocenters. The van der Waals surface area contributed by atoms with Crippen molar-refractivity contribution in [2.75, 3.05) is 13.1 Å². The molecule has 1 fully saturated rings. The van der Waals surface area contributed by atoms with Gasteiger partial charge in [0.15, 0.2) is 0 Å². The third kappa shape index (κ3) is 4.84. The number of hydrogen-bond acceptors (Lipinski definition) is 3. The van der Waals surface area contributed by atoms with E-state index < -0.39 is 0 Å². The highest BCUT2D eigenvalue weighted by atomic mass is 16.5. The molecule has 5 nitrogen and oxygen atoms in total. The Morgan fingerprint density at radius 1 is 1.14 bits per heavy atom. The molecule has 1 aromatic rings.